The molecule has 1 heterocycles. The van der Waals surface area contributed by atoms with Crippen molar-refractivity contribution in [2.24, 2.45) is 5.92 Å². The van der Waals surface area contributed by atoms with Gasteiger partial charge in [-0.1, -0.05) is 11.6 Å². The zero-order valence-corrected chi connectivity index (χ0v) is 10.4. The second-order valence-corrected chi connectivity index (χ2v) is 4.43. The number of rotatable bonds is 2. The molecule has 0 saturated carbocycles. The van der Waals surface area contributed by atoms with Gasteiger partial charge in [0.15, 0.2) is 0 Å². The van der Waals surface area contributed by atoms with Crippen LogP contribution in [0.15, 0.2) is 18.2 Å². The van der Waals surface area contributed by atoms with Crippen LogP contribution in [0.5, 0.6) is 0 Å². The molecule has 6 heteroatoms. The summed E-state index contributed by atoms with van der Waals surface area (Å²) in [6, 6.07) is 3.78. The molecule has 0 N–H and O–H groups in total. The van der Waals surface area contributed by atoms with Crippen LogP contribution in [-0.2, 0) is 14.3 Å². The quantitative estimate of drug-likeness (QED) is 0.773. The third-order valence-corrected chi connectivity index (χ3v) is 3.16. The summed E-state index contributed by atoms with van der Waals surface area (Å²) in [4.78, 5) is 24.6. The number of anilines is 1. The third kappa shape index (κ3) is 2.31. The largest absolute Gasteiger partial charge is 0.469 e. The maximum Gasteiger partial charge on any atom is 0.311 e. The van der Waals surface area contributed by atoms with E-state index in [9.17, 15) is 14.0 Å². The molecule has 4 nitrogen and oxygen atoms in total. The van der Waals surface area contributed by atoms with Gasteiger partial charge in [-0.05, 0) is 18.2 Å². The highest BCUT2D eigenvalue weighted by molar-refractivity contribution is 6.33. The molecule has 0 aromatic heterocycles. The average molecular weight is 272 g/mol. The Bertz CT molecular complexity index is 506. The maximum atomic E-state index is 12.9. The molecule has 1 aromatic rings. The van der Waals surface area contributed by atoms with E-state index in [2.05, 4.69) is 4.74 Å². The number of carbonyl (C=O) groups is 2. The molecule has 0 radical (unpaired) electrons. The van der Waals surface area contributed by atoms with Gasteiger partial charge in [-0.2, -0.15) is 0 Å². The predicted octanol–water partition coefficient (Wildman–Crippen LogP) is 2.00. The smallest absolute Gasteiger partial charge is 0.311 e. The Hall–Kier alpha value is -1.62. The summed E-state index contributed by atoms with van der Waals surface area (Å²) in [6.07, 6.45) is 0.0837. The van der Waals surface area contributed by atoms with Crippen molar-refractivity contribution in [3.63, 3.8) is 0 Å². The van der Waals surface area contributed by atoms with Crippen molar-refractivity contribution in [1.82, 2.24) is 0 Å². The van der Waals surface area contributed by atoms with Crippen LogP contribution in [0.1, 0.15) is 6.42 Å². The maximum absolute atomic E-state index is 12.9. The Morgan fingerprint density at radius 3 is 2.89 bits per heavy atom. The molecular weight excluding hydrogens is 261 g/mol. The second-order valence-electron chi connectivity index (χ2n) is 4.02. The number of carbonyl (C=O) groups excluding carboxylic acids is 2. The first-order valence-corrected chi connectivity index (χ1v) is 5.74. The number of benzene rings is 1. The molecule has 0 spiro atoms. The predicted molar refractivity (Wildman–Crippen MR) is 63.9 cm³/mol. The number of hydrogen-bond donors (Lipinski definition) is 0. The van der Waals surface area contributed by atoms with Crippen molar-refractivity contribution < 1.29 is 18.7 Å². The average Bonchev–Trinajstić information content (AvgIpc) is 2.70. The molecule has 1 atom stereocenters. The highest BCUT2D eigenvalue weighted by Gasteiger charge is 2.36. The van der Waals surface area contributed by atoms with Gasteiger partial charge in [0.1, 0.15) is 5.82 Å². The molecule has 96 valence electrons. The monoisotopic (exact) mass is 271 g/mol. The van der Waals surface area contributed by atoms with E-state index in [0.29, 0.717) is 5.69 Å². The highest BCUT2D eigenvalue weighted by Crippen LogP contribution is 2.31. The SMILES string of the molecule is COC(=O)C1CC(=O)N(c2ccc(F)cc2Cl)C1. The van der Waals surface area contributed by atoms with Crippen molar-refractivity contribution in [2.75, 3.05) is 18.6 Å². The second kappa shape index (κ2) is 4.94. The number of amides is 1. The third-order valence-electron chi connectivity index (χ3n) is 2.86. The summed E-state index contributed by atoms with van der Waals surface area (Å²) in [5, 5.41) is 0.147. The zero-order chi connectivity index (χ0) is 13.3. The molecule has 2 rings (SSSR count). The molecule has 1 unspecified atom stereocenters. The van der Waals surface area contributed by atoms with E-state index >= 15 is 0 Å². The minimum atomic E-state index is -0.497. The van der Waals surface area contributed by atoms with E-state index < -0.39 is 17.7 Å². The lowest BCUT2D eigenvalue weighted by Gasteiger charge is -2.17. The zero-order valence-electron chi connectivity index (χ0n) is 9.65. The van der Waals surface area contributed by atoms with Crippen molar-refractivity contribution in [2.45, 2.75) is 6.42 Å². The normalized spacial score (nSPS) is 19.2. The first-order valence-electron chi connectivity index (χ1n) is 5.36. The standard InChI is InChI=1S/C12H11ClFNO3/c1-18-12(17)7-4-11(16)15(6-7)10-3-2-8(14)5-9(10)13/h2-3,5,7H,4,6H2,1H3. The van der Waals surface area contributed by atoms with E-state index in [4.69, 9.17) is 11.6 Å². The Morgan fingerprint density at radius 1 is 1.56 bits per heavy atom. The Morgan fingerprint density at radius 2 is 2.28 bits per heavy atom. The van der Waals surface area contributed by atoms with Gasteiger partial charge >= 0.3 is 5.97 Å². The molecule has 0 aliphatic carbocycles. The van der Waals surface area contributed by atoms with Gasteiger partial charge in [-0.15, -0.1) is 0 Å². The van der Waals surface area contributed by atoms with E-state index in [1.807, 2.05) is 0 Å². The Labute approximate surface area is 108 Å². The lowest BCUT2D eigenvalue weighted by molar-refractivity contribution is -0.145. The number of esters is 1. The van der Waals surface area contributed by atoms with Crippen LogP contribution in [0.4, 0.5) is 10.1 Å². The lowest BCUT2D eigenvalue weighted by Crippen LogP contribution is -2.26. The molecule has 1 saturated heterocycles. The molecule has 1 fully saturated rings. The lowest BCUT2D eigenvalue weighted by atomic mass is 10.1. The highest BCUT2D eigenvalue weighted by atomic mass is 35.5. The van der Waals surface area contributed by atoms with Crippen molar-refractivity contribution >= 4 is 29.2 Å². The van der Waals surface area contributed by atoms with Crippen LogP contribution < -0.4 is 4.90 Å². The summed E-state index contributed by atoms with van der Waals surface area (Å²) in [7, 11) is 1.28. The first-order chi connectivity index (χ1) is 8.52. The van der Waals surface area contributed by atoms with Crippen molar-refractivity contribution in [3.05, 3.63) is 29.0 Å². The van der Waals surface area contributed by atoms with Crippen LogP contribution in [0.3, 0.4) is 0 Å². The van der Waals surface area contributed by atoms with Crippen molar-refractivity contribution in [3.8, 4) is 0 Å². The van der Waals surface area contributed by atoms with E-state index in [-0.39, 0.29) is 23.9 Å². The van der Waals surface area contributed by atoms with Gasteiger partial charge in [-0.25, -0.2) is 4.39 Å². The molecule has 0 bridgehead atoms. The molecule has 1 amide bonds. The number of halogens is 2. The molecule has 1 aliphatic rings. The molecule has 1 aromatic carbocycles. The Balaban J connectivity index is 2.24. The topological polar surface area (TPSA) is 46.6 Å². The fraction of sp³-hybridized carbons (Fsp3) is 0.333. The summed E-state index contributed by atoms with van der Waals surface area (Å²) in [5.74, 6) is -1.62. The van der Waals surface area contributed by atoms with Gasteiger partial charge in [0, 0.05) is 13.0 Å². The minimum Gasteiger partial charge on any atom is -0.469 e. The minimum absolute atomic E-state index is 0.0837. The first kappa shape index (κ1) is 12.8. The summed E-state index contributed by atoms with van der Waals surface area (Å²) < 4.78 is 17.5. The summed E-state index contributed by atoms with van der Waals surface area (Å²) in [5.41, 5.74) is 0.412. The number of nitrogens with zero attached hydrogens (tertiary/aromatic N) is 1. The number of hydrogen-bond acceptors (Lipinski definition) is 3. The fourth-order valence-electron chi connectivity index (χ4n) is 1.97. The Kier molecular flexibility index (Phi) is 3.52. The van der Waals surface area contributed by atoms with Gasteiger partial charge in [0.25, 0.3) is 0 Å². The van der Waals surface area contributed by atoms with Gasteiger partial charge in [-0.3, -0.25) is 9.59 Å². The number of methoxy groups -OCH3 is 1. The molecule has 18 heavy (non-hydrogen) atoms. The van der Waals surface area contributed by atoms with Crippen LogP contribution >= 0.6 is 11.6 Å². The molecule has 1 aliphatic heterocycles. The van der Waals surface area contributed by atoms with E-state index in [0.717, 1.165) is 6.07 Å². The van der Waals surface area contributed by atoms with Crippen LogP contribution in [0.25, 0.3) is 0 Å². The van der Waals surface area contributed by atoms with Gasteiger partial charge < -0.3 is 9.64 Å². The summed E-state index contributed by atoms with van der Waals surface area (Å²) in [6.45, 7) is 0.205. The van der Waals surface area contributed by atoms with E-state index in [1.165, 1.54) is 24.1 Å². The molecular formula is C12H11ClFNO3. The van der Waals surface area contributed by atoms with Gasteiger partial charge in [0.05, 0.1) is 23.7 Å². The van der Waals surface area contributed by atoms with Crippen LogP contribution in [0.2, 0.25) is 5.02 Å². The fourth-order valence-corrected chi connectivity index (χ4v) is 2.23. The van der Waals surface area contributed by atoms with E-state index in [1.54, 1.807) is 0 Å². The summed E-state index contributed by atoms with van der Waals surface area (Å²) >= 11 is 5.89. The van der Waals surface area contributed by atoms with Crippen LogP contribution in [0, 0.1) is 11.7 Å². The van der Waals surface area contributed by atoms with Crippen LogP contribution in [-0.4, -0.2) is 25.5 Å². The van der Waals surface area contributed by atoms with Crippen molar-refractivity contribution in [1.29, 1.82) is 0 Å². The van der Waals surface area contributed by atoms with Gasteiger partial charge in [0.2, 0.25) is 5.91 Å². The number of ether oxygens (including phenoxy) is 1.